The number of hydrogen-bond acceptors (Lipinski definition) is 4. The second-order valence-electron chi connectivity index (χ2n) is 6.61. The first-order valence-electron chi connectivity index (χ1n) is 8.16. The van der Waals surface area contributed by atoms with E-state index in [4.69, 9.17) is 0 Å². The summed E-state index contributed by atoms with van der Waals surface area (Å²) in [4.78, 5) is 24.4. The molecule has 1 aliphatic heterocycles. The Kier molecular flexibility index (Phi) is 4.50. The molecule has 2 aliphatic rings. The molecule has 1 atom stereocenters. The maximum atomic E-state index is 13.3. The van der Waals surface area contributed by atoms with Gasteiger partial charge in [0.1, 0.15) is 5.82 Å². The number of fused-ring (bicyclic) bond motifs is 1. The molecule has 1 unspecified atom stereocenters. The average Bonchev–Trinajstić information content (AvgIpc) is 2.53. The summed E-state index contributed by atoms with van der Waals surface area (Å²) in [6, 6.07) is 0. The molecule has 0 saturated carbocycles. The fourth-order valence-electron chi connectivity index (χ4n) is 3.46. The lowest BCUT2D eigenvalue weighted by Crippen LogP contribution is -2.49. The molecular formula is C16H21F3N4O. The number of nitrogens with zero attached hydrogens (tertiary/aromatic N) is 4. The predicted molar refractivity (Wildman–Crippen MR) is 81.4 cm³/mol. The van der Waals surface area contributed by atoms with Crippen molar-refractivity contribution in [2.75, 3.05) is 33.2 Å². The number of amides is 1. The number of hydrogen-bond donors (Lipinski definition) is 0. The molecule has 0 N–H and O–H groups in total. The highest BCUT2D eigenvalue weighted by Gasteiger charge is 2.40. The third-order valence-corrected chi connectivity index (χ3v) is 4.82. The van der Waals surface area contributed by atoms with Gasteiger partial charge in [0, 0.05) is 43.4 Å². The zero-order valence-electron chi connectivity index (χ0n) is 13.9. The second-order valence-corrected chi connectivity index (χ2v) is 6.61. The monoisotopic (exact) mass is 342 g/mol. The van der Waals surface area contributed by atoms with Gasteiger partial charge in [0.05, 0.1) is 0 Å². The van der Waals surface area contributed by atoms with Crippen molar-refractivity contribution in [3.63, 3.8) is 0 Å². The molecule has 8 heteroatoms. The van der Waals surface area contributed by atoms with Crippen molar-refractivity contribution < 1.29 is 18.0 Å². The fraction of sp³-hybridized carbons (Fsp3) is 0.688. The average molecular weight is 342 g/mol. The number of carbonyl (C=O) groups excluding carboxylic acids is 1. The van der Waals surface area contributed by atoms with Crippen LogP contribution >= 0.6 is 0 Å². The van der Waals surface area contributed by atoms with E-state index in [0.29, 0.717) is 31.6 Å². The summed E-state index contributed by atoms with van der Waals surface area (Å²) in [5.41, 5.74) is -0.329. The number of piperazine rings is 1. The Bertz CT molecular complexity index is 639. The number of carbonyl (C=O) groups is 1. The molecule has 1 saturated heterocycles. The van der Waals surface area contributed by atoms with Crippen LogP contribution in [0.4, 0.5) is 13.2 Å². The van der Waals surface area contributed by atoms with Gasteiger partial charge >= 0.3 is 6.18 Å². The number of halogens is 3. The minimum absolute atomic E-state index is 0.0394. The largest absolute Gasteiger partial charge is 0.433 e. The van der Waals surface area contributed by atoms with Crippen LogP contribution in [0.2, 0.25) is 0 Å². The Labute approximate surface area is 138 Å². The van der Waals surface area contributed by atoms with E-state index in [0.717, 1.165) is 13.1 Å². The summed E-state index contributed by atoms with van der Waals surface area (Å²) < 4.78 is 39.9. The number of rotatable bonds is 1. The van der Waals surface area contributed by atoms with E-state index >= 15 is 0 Å². The van der Waals surface area contributed by atoms with E-state index < -0.39 is 17.8 Å². The molecule has 2 heterocycles. The maximum absolute atomic E-state index is 13.3. The summed E-state index contributed by atoms with van der Waals surface area (Å²) in [6.45, 7) is 4.33. The molecule has 1 aromatic heterocycles. The highest BCUT2D eigenvalue weighted by molar-refractivity contribution is 5.79. The van der Waals surface area contributed by atoms with Crippen molar-refractivity contribution in [1.29, 1.82) is 0 Å². The molecule has 1 aliphatic carbocycles. The van der Waals surface area contributed by atoms with E-state index in [1.807, 2.05) is 7.05 Å². The van der Waals surface area contributed by atoms with Gasteiger partial charge in [0.25, 0.3) is 0 Å². The first-order chi connectivity index (χ1) is 11.3. The van der Waals surface area contributed by atoms with Gasteiger partial charge in [-0.3, -0.25) is 4.79 Å². The summed E-state index contributed by atoms with van der Waals surface area (Å²) >= 11 is 0. The van der Waals surface area contributed by atoms with E-state index in [-0.39, 0.29) is 23.7 Å². The minimum atomic E-state index is -4.52. The first-order valence-corrected chi connectivity index (χ1v) is 8.16. The second kappa shape index (κ2) is 6.31. The third kappa shape index (κ3) is 3.38. The zero-order valence-corrected chi connectivity index (χ0v) is 13.9. The lowest BCUT2D eigenvalue weighted by atomic mass is 9.84. The molecule has 1 aromatic rings. The van der Waals surface area contributed by atoms with Gasteiger partial charge in [-0.2, -0.15) is 13.2 Å². The van der Waals surface area contributed by atoms with Crippen LogP contribution in [0.5, 0.6) is 0 Å². The molecular weight excluding hydrogens is 321 g/mol. The summed E-state index contributed by atoms with van der Waals surface area (Å²) in [5.74, 6) is -0.319. The van der Waals surface area contributed by atoms with Crippen LogP contribution in [-0.2, 0) is 23.8 Å². The van der Waals surface area contributed by atoms with Crippen LogP contribution in [0.3, 0.4) is 0 Å². The van der Waals surface area contributed by atoms with Crippen LogP contribution in [-0.4, -0.2) is 58.9 Å². The number of alkyl halides is 3. The quantitative estimate of drug-likeness (QED) is 0.779. The SMILES string of the molecule is Cc1nc2c(c(C(F)(F)F)n1)CC(C(=O)N1CCN(C)CC1)CC2. The smallest absolute Gasteiger partial charge is 0.340 e. The molecule has 3 rings (SSSR count). The van der Waals surface area contributed by atoms with Gasteiger partial charge in [-0.15, -0.1) is 0 Å². The fourth-order valence-corrected chi connectivity index (χ4v) is 3.46. The van der Waals surface area contributed by atoms with Gasteiger partial charge in [0.2, 0.25) is 5.91 Å². The molecule has 1 amide bonds. The van der Waals surface area contributed by atoms with Crippen molar-refractivity contribution in [3.8, 4) is 0 Å². The molecule has 24 heavy (non-hydrogen) atoms. The standard InChI is InChI=1S/C16H21F3N4O/c1-10-20-13-4-3-11(9-12(13)14(21-10)16(17,18)19)15(24)23-7-5-22(2)6-8-23/h11H,3-9H2,1-2H3. The van der Waals surface area contributed by atoms with Gasteiger partial charge in [0.15, 0.2) is 5.69 Å². The van der Waals surface area contributed by atoms with Crippen molar-refractivity contribution >= 4 is 5.91 Å². The predicted octanol–water partition coefficient (Wildman–Crippen LogP) is 1.68. The molecule has 5 nitrogen and oxygen atoms in total. The van der Waals surface area contributed by atoms with E-state index in [2.05, 4.69) is 14.9 Å². The highest BCUT2D eigenvalue weighted by atomic mass is 19.4. The van der Waals surface area contributed by atoms with E-state index in [1.54, 1.807) is 4.90 Å². The maximum Gasteiger partial charge on any atom is 0.433 e. The van der Waals surface area contributed by atoms with E-state index in [9.17, 15) is 18.0 Å². The Morgan fingerprint density at radius 2 is 1.83 bits per heavy atom. The van der Waals surface area contributed by atoms with Crippen molar-refractivity contribution in [2.45, 2.75) is 32.4 Å². The normalized spacial score (nSPS) is 22.4. The minimum Gasteiger partial charge on any atom is -0.340 e. The molecule has 0 spiro atoms. The molecule has 0 bridgehead atoms. The Balaban J connectivity index is 1.82. The van der Waals surface area contributed by atoms with Crippen LogP contribution in [0, 0.1) is 12.8 Å². The first kappa shape index (κ1) is 17.1. The van der Waals surface area contributed by atoms with Crippen LogP contribution in [0.1, 0.15) is 29.2 Å². The lowest BCUT2D eigenvalue weighted by molar-refractivity contribution is -0.143. The highest BCUT2D eigenvalue weighted by Crippen LogP contribution is 2.36. The number of likely N-dealkylation sites (N-methyl/N-ethyl adjacent to an activating group) is 1. The number of aromatic nitrogens is 2. The Morgan fingerprint density at radius 1 is 1.17 bits per heavy atom. The van der Waals surface area contributed by atoms with Crippen LogP contribution < -0.4 is 0 Å². The summed E-state index contributed by atoms with van der Waals surface area (Å²) in [7, 11) is 1.99. The topological polar surface area (TPSA) is 49.3 Å². The zero-order chi connectivity index (χ0) is 17.5. The van der Waals surface area contributed by atoms with Crippen molar-refractivity contribution in [1.82, 2.24) is 19.8 Å². The van der Waals surface area contributed by atoms with E-state index in [1.165, 1.54) is 6.92 Å². The molecule has 0 radical (unpaired) electrons. The summed E-state index contributed by atoms with van der Waals surface area (Å²) in [5, 5.41) is 0. The number of aryl methyl sites for hydroxylation is 2. The van der Waals surface area contributed by atoms with Gasteiger partial charge < -0.3 is 9.80 Å². The van der Waals surface area contributed by atoms with Crippen LogP contribution in [0.15, 0.2) is 0 Å². The third-order valence-electron chi connectivity index (χ3n) is 4.82. The Hall–Kier alpha value is -1.70. The molecule has 132 valence electrons. The van der Waals surface area contributed by atoms with Crippen molar-refractivity contribution in [2.24, 2.45) is 5.92 Å². The lowest BCUT2D eigenvalue weighted by Gasteiger charge is -2.36. The van der Waals surface area contributed by atoms with Gasteiger partial charge in [-0.05, 0) is 33.2 Å². The Morgan fingerprint density at radius 3 is 2.46 bits per heavy atom. The molecule has 0 aromatic carbocycles. The van der Waals surface area contributed by atoms with Gasteiger partial charge in [-0.1, -0.05) is 0 Å². The molecule has 1 fully saturated rings. The van der Waals surface area contributed by atoms with Crippen LogP contribution in [0.25, 0.3) is 0 Å². The van der Waals surface area contributed by atoms with Gasteiger partial charge in [-0.25, -0.2) is 9.97 Å². The summed E-state index contributed by atoms with van der Waals surface area (Å²) in [6.07, 6.45) is -3.50. The van der Waals surface area contributed by atoms with Crippen molar-refractivity contribution in [3.05, 3.63) is 22.8 Å².